The van der Waals surface area contributed by atoms with Gasteiger partial charge in [0.2, 0.25) is 5.91 Å². The summed E-state index contributed by atoms with van der Waals surface area (Å²) >= 11 is 0. The van der Waals surface area contributed by atoms with Gasteiger partial charge in [-0.15, -0.1) is 0 Å². The number of nitrogens with zero attached hydrogens (tertiary/aromatic N) is 1. The Bertz CT molecular complexity index is 874. The molecule has 0 N–H and O–H groups in total. The summed E-state index contributed by atoms with van der Waals surface area (Å²) in [7, 11) is -3.34. The number of sulfone groups is 1. The Kier molecular flexibility index (Phi) is 4.45. The normalized spacial score (nSPS) is 17.4. The van der Waals surface area contributed by atoms with Gasteiger partial charge >= 0.3 is 0 Å². The minimum absolute atomic E-state index is 0.0342. The van der Waals surface area contributed by atoms with E-state index < -0.39 is 9.84 Å². The summed E-state index contributed by atoms with van der Waals surface area (Å²) < 4.78 is 23.8. The highest BCUT2D eigenvalue weighted by molar-refractivity contribution is 7.90. The van der Waals surface area contributed by atoms with Crippen LogP contribution in [0.25, 0.3) is 0 Å². The second-order valence-electron chi connectivity index (χ2n) is 6.40. The average Bonchev–Trinajstić information content (AvgIpc) is 2.53. The fourth-order valence-corrected chi connectivity index (χ4v) is 4.23. The number of carbonyl (C=O) groups excluding carboxylic acids is 1. The summed E-state index contributed by atoms with van der Waals surface area (Å²) in [6.45, 7) is 2.62. The lowest BCUT2D eigenvalue weighted by Crippen LogP contribution is -2.43. The third kappa shape index (κ3) is 3.36. The molecule has 0 aromatic heterocycles. The van der Waals surface area contributed by atoms with E-state index in [9.17, 15) is 13.2 Å². The fourth-order valence-electron chi connectivity index (χ4n) is 3.29. The lowest BCUT2D eigenvalue weighted by Gasteiger charge is -2.35. The summed E-state index contributed by atoms with van der Waals surface area (Å²) in [4.78, 5) is 14.9. The van der Waals surface area contributed by atoms with Crippen molar-refractivity contribution in [2.75, 3.05) is 6.26 Å². The molecule has 0 bridgehead atoms. The molecule has 0 saturated carbocycles. The van der Waals surface area contributed by atoms with Crippen LogP contribution in [0.3, 0.4) is 0 Å². The summed E-state index contributed by atoms with van der Waals surface area (Å²) in [5.74, 6) is -0.0342. The van der Waals surface area contributed by atoms with Crippen molar-refractivity contribution < 1.29 is 13.2 Å². The fraction of sp³-hybridized carbons (Fsp3) is 0.316. The molecule has 0 fully saturated rings. The lowest BCUT2D eigenvalue weighted by molar-refractivity contribution is -0.133. The van der Waals surface area contributed by atoms with Crippen LogP contribution in [0.15, 0.2) is 53.4 Å². The van der Waals surface area contributed by atoms with E-state index in [1.807, 2.05) is 30.0 Å². The van der Waals surface area contributed by atoms with Crippen LogP contribution >= 0.6 is 0 Å². The first-order chi connectivity index (χ1) is 11.4. The van der Waals surface area contributed by atoms with Crippen LogP contribution in [0.4, 0.5) is 0 Å². The molecule has 3 rings (SSSR count). The van der Waals surface area contributed by atoms with Crippen LogP contribution in [-0.2, 0) is 34.0 Å². The highest BCUT2D eigenvalue weighted by Gasteiger charge is 2.27. The SMILES string of the molecule is C[C@@H]1Cc2ccccc2CN1C(=O)Cc1ccccc1S(C)(=O)=O. The molecule has 24 heavy (non-hydrogen) atoms. The molecule has 1 atom stereocenters. The monoisotopic (exact) mass is 343 g/mol. The summed E-state index contributed by atoms with van der Waals surface area (Å²) in [5, 5.41) is 0. The lowest BCUT2D eigenvalue weighted by atomic mass is 9.94. The third-order valence-corrected chi connectivity index (χ3v) is 5.74. The smallest absolute Gasteiger partial charge is 0.227 e. The van der Waals surface area contributed by atoms with Crippen LogP contribution in [-0.4, -0.2) is 31.5 Å². The Morgan fingerprint density at radius 1 is 1.08 bits per heavy atom. The molecule has 5 heteroatoms. The minimum Gasteiger partial charge on any atom is -0.335 e. The van der Waals surface area contributed by atoms with Gasteiger partial charge in [0, 0.05) is 18.8 Å². The molecule has 0 aliphatic carbocycles. The van der Waals surface area contributed by atoms with Crippen molar-refractivity contribution in [2.45, 2.75) is 37.2 Å². The maximum atomic E-state index is 12.8. The summed E-state index contributed by atoms with van der Waals surface area (Å²) in [6, 6.07) is 15.0. The number of amides is 1. The minimum atomic E-state index is -3.34. The number of hydrogen-bond acceptors (Lipinski definition) is 3. The molecule has 0 saturated heterocycles. The van der Waals surface area contributed by atoms with Gasteiger partial charge in [-0.2, -0.15) is 0 Å². The van der Waals surface area contributed by atoms with E-state index in [0.717, 1.165) is 6.42 Å². The molecule has 0 radical (unpaired) electrons. The molecule has 126 valence electrons. The Morgan fingerprint density at radius 3 is 2.42 bits per heavy atom. The number of rotatable bonds is 3. The van der Waals surface area contributed by atoms with Crippen LogP contribution < -0.4 is 0 Å². The van der Waals surface area contributed by atoms with E-state index >= 15 is 0 Å². The van der Waals surface area contributed by atoms with Crippen LogP contribution in [0.2, 0.25) is 0 Å². The Morgan fingerprint density at radius 2 is 1.71 bits per heavy atom. The third-order valence-electron chi connectivity index (χ3n) is 4.54. The molecule has 2 aromatic rings. The van der Waals surface area contributed by atoms with E-state index in [-0.39, 0.29) is 23.3 Å². The second-order valence-corrected chi connectivity index (χ2v) is 8.38. The van der Waals surface area contributed by atoms with Crippen molar-refractivity contribution in [1.29, 1.82) is 0 Å². The van der Waals surface area contributed by atoms with Crippen molar-refractivity contribution in [2.24, 2.45) is 0 Å². The van der Waals surface area contributed by atoms with Crippen LogP contribution in [0.1, 0.15) is 23.6 Å². The molecule has 4 nitrogen and oxygen atoms in total. The first kappa shape index (κ1) is 16.7. The molecular formula is C19H21NO3S. The van der Waals surface area contributed by atoms with Gasteiger partial charge in [-0.05, 0) is 36.1 Å². The number of fused-ring (bicyclic) bond motifs is 1. The van der Waals surface area contributed by atoms with E-state index in [2.05, 4.69) is 6.07 Å². The van der Waals surface area contributed by atoms with Crippen molar-refractivity contribution in [3.05, 3.63) is 65.2 Å². The van der Waals surface area contributed by atoms with Gasteiger partial charge in [-0.25, -0.2) is 8.42 Å². The molecule has 1 aliphatic heterocycles. The Labute approximate surface area is 143 Å². The number of hydrogen-bond donors (Lipinski definition) is 0. The van der Waals surface area contributed by atoms with Crippen molar-refractivity contribution >= 4 is 15.7 Å². The Balaban J connectivity index is 1.84. The zero-order valence-electron chi connectivity index (χ0n) is 13.9. The van der Waals surface area contributed by atoms with Crippen molar-refractivity contribution in [3.8, 4) is 0 Å². The molecule has 1 aliphatic rings. The molecule has 0 spiro atoms. The summed E-state index contributed by atoms with van der Waals surface area (Å²) in [6.07, 6.45) is 2.11. The first-order valence-corrected chi connectivity index (χ1v) is 9.89. The molecular weight excluding hydrogens is 322 g/mol. The molecule has 0 unspecified atom stereocenters. The maximum absolute atomic E-state index is 12.8. The summed E-state index contributed by atoms with van der Waals surface area (Å²) in [5.41, 5.74) is 3.02. The van der Waals surface area contributed by atoms with E-state index in [0.29, 0.717) is 12.1 Å². The highest BCUT2D eigenvalue weighted by atomic mass is 32.2. The predicted octanol–water partition coefficient (Wildman–Crippen LogP) is 2.61. The number of benzene rings is 2. The zero-order valence-corrected chi connectivity index (χ0v) is 14.7. The van der Waals surface area contributed by atoms with Crippen molar-refractivity contribution in [3.63, 3.8) is 0 Å². The molecule has 1 amide bonds. The predicted molar refractivity (Wildman–Crippen MR) is 93.4 cm³/mol. The quantitative estimate of drug-likeness (QED) is 0.861. The maximum Gasteiger partial charge on any atom is 0.227 e. The average molecular weight is 343 g/mol. The highest BCUT2D eigenvalue weighted by Crippen LogP contribution is 2.24. The zero-order chi connectivity index (χ0) is 17.3. The van der Waals surface area contributed by atoms with Gasteiger partial charge in [0.15, 0.2) is 9.84 Å². The van der Waals surface area contributed by atoms with Gasteiger partial charge in [-0.1, -0.05) is 42.5 Å². The van der Waals surface area contributed by atoms with E-state index in [4.69, 9.17) is 0 Å². The standard InChI is InChI=1S/C19H21NO3S/c1-14-11-15-7-3-4-9-17(15)13-20(14)19(21)12-16-8-5-6-10-18(16)24(2,22)23/h3-10,14H,11-13H2,1-2H3/t14-/m1/s1. The van der Waals surface area contributed by atoms with Gasteiger partial charge in [0.1, 0.15) is 0 Å². The van der Waals surface area contributed by atoms with Gasteiger partial charge < -0.3 is 4.90 Å². The van der Waals surface area contributed by atoms with Gasteiger partial charge in [0.05, 0.1) is 11.3 Å². The van der Waals surface area contributed by atoms with Crippen molar-refractivity contribution in [1.82, 2.24) is 4.90 Å². The first-order valence-electron chi connectivity index (χ1n) is 8.00. The van der Waals surface area contributed by atoms with Crippen LogP contribution in [0.5, 0.6) is 0 Å². The topological polar surface area (TPSA) is 54.5 Å². The second kappa shape index (κ2) is 6.40. The number of carbonyl (C=O) groups is 1. The molecule has 2 aromatic carbocycles. The molecule has 1 heterocycles. The van der Waals surface area contributed by atoms with Gasteiger partial charge in [0.25, 0.3) is 0 Å². The van der Waals surface area contributed by atoms with Crippen LogP contribution in [0, 0.1) is 0 Å². The van der Waals surface area contributed by atoms with E-state index in [1.165, 1.54) is 17.4 Å². The largest absolute Gasteiger partial charge is 0.335 e. The Hall–Kier alpha value is -2.14. The van der Waals surface area contributed by atoms with Gasteiger partial charge in [-0.3, -0.25) is 4.79 Å². The van der Waals surface area contributed by atoms with E-state index in [1.54, 1.807) is 24.3 Å².